The average Bonchev–Trinajstić information content (AvgIpc) is 2.26. The van der Waals surface area contributed by atoms with Crippen molar-refractivity contribution in [2.24, 2.45) is 11.7 Å². The van der Waals surface area contributed by atoms with E-state index in [9.17, 15) is 4.39 Å². The van der Waals surface area contributed by atoms with Crippen molar-refractivity contribution in [1.82, 2.24) is 0 Å². The molecule has 2 N–H and O–H groups in total. The van der Waals surface area contributed by atoms with Gasteiger partial charge >= 0.3 is 0 Å². The van der Waals surface area contributed by atoms with Gasteiger partial charge in [-0.1, -0.05) is 26.1 Å². The maximum Gasteiger partial charge on any atom is 0.128 e. The Morgan fingerprint density at radius 2 is 2.06 bits per heavy atom. The van der Waals surface area contributed by atoms with Crippen LogP contribution in [0.25, 0.3) is 0 Å². The summed E-state index contributed by atoms with van der Waals surface area (Å²) in [7, 11) is 0. The molecule has 1 atom stereocenters. The van der Waals surface area contributed by atoms with Crippen LogP contribution in [0.3, 0.4) is 0 Å². The van der Waals surface area contributed by atoms with Crippen molar-refractivity contribution in [3.8, 4) is 0 Å². The van der Waals surface area contributed by atoms with Crippen molar-refractivity contribution < 1.29 is 9.13 Å². The van der Waals surface area contributed by atoms with Crippen molar-refractivity contribution in [3.63, 3.8) is 0 Å². The highest BCUT2D eigenvalue weighted by molar-refractivity contribution is 7.80. The van der Waals surface area contributed by atoms with Gasteiger partial charge in [-0.2, -0.15) is 0 Å². The molecule has 0 bridgehead atoms. The van der Waals surface area contributed by atoms with E-state index >= 15 is 0 Å². The molecule has 1 unspecified atom stereocenters. The molecule has 4 heteroatoms. The predicted octanol–water partition coefficient (Wildman–Crippen LogP) is 3.41. The third kappa shape index (κ3) is 4.70. The first-order valence-corrected chi connectivity index (χ1v) is 6.50. The SMILES string of the molecule is CC(C)CC(C)OCc1cc(C(N)=S)ccc1F. The van der Waals surface area contributed by atoms with Gasteiger partial charge in [0.25, 0.3) is 0 Å². The molecule has 0 radical (unpaired) electrons. The molecule has 0 saturated heterocycles. The van der Waals surface area contributed by atoms with Gasteiger partial charge in [-0.25, -0.2) is 4.39 Å². The van der Waals surface area contributed by atoms with Crippen LogP contribution in [0.15, 0.2) is 18.2 Å². The lowest BCUT2D eigenvalue weighted by Crippen LogP contribution is -2.13. The Labute approximate surface area is 113 Å². The minimum Gasteiger partial charge on any atom is -0.389 e. The summed E-state index contributed by atoms with van der Waals surface area (Å²) in [6, 6.07) is 4.61. The van der Waals surface area contributed by atoms with E-state index in [1.54, 1.807) is 12.1 Å². The third-order valence-electron chi connectivity index (χ3n) is 2.66. The fraction of sp³-hybridized carbons (Fsp3) is 0.500. The van der Waals surface area contributed by atoms with Crippen LogP contribution >= 0.6 is 12.2 Å². The number of rotatable bonds is 6. The topological polar surface area (TPSA) is 35.2 Å². The Bertz CT molecular complexity index is 420. The maximum absolute atomic E-state index is 13.6. The molecule has 2 nitrogen and oxygen atoms in total. The highest BCUT2D eigenvalue weighted by Crippen LogP contribution is 2.15. The minimum atomic E-state index is -0.285. The van der Waals surface area contributed by atoms with Gasteiger partial charge in [0.2, 0.25) is 0 Å². The number of thiocarbonyl (C=S) groups is 1. The highest BCUT2D eigenvalue weighted by atomic mass is 32.1. The molecule has 0 spiro atoms. The maximum atomic E-state index is 13.6. The number of nitrogens with two attached hydrogens (primary N) is 1. The molecule has 0 heterocycles. The third-order valence-corrected chi connectivity index (χ3v) is 2.89. The molecule has 1 aromatic carbocycles. The molecular weight excluding hydrogens is 249 g/mol. The molecule has 1 aromatic rings. The van der Waals surface area contributed by atoms with Gasteiger partial charge in [-0.15, -0.1) is 0 Å². The van der Waals surface area contributed by atoms with E-state index in [2.05, 4.69) is 13.8 Å². The van der Waals surface area contributed by atoms with E-state index in [0.29, 0.717) is 17.0 Å². The van der Waals surface area contributed by atoms with Gasteiger partial charge in [0.1, 0.15) is 10.8 Å². The number of ether oxygens (including phenoxy) is 1. The summed E-state index contributed by atoms with van der Waals surface area (Å²) in [6.45, 7) is 6.51. The quantitative estimate of drug-likeness (QED) is 0.804. The first-order valence-electron chi connectivity index (χ1n) is 6.10. The second-order valence-electron chi connectivity index (χ2n) is 4.92. The Balaban J connectivity index is 2.66. The van der Waals surface area contributed by atoms with Crippen LogP contribution in [0.4, 0.5) is 4.39 Å². The van der Waals surface area contributed by atoms with Crippen molar-refractivity contribution in [3.05, 3.63) is 35.1 Å². The smallest absolute Gasteiger partial charge is 0.128 e. The molecule has 0 aliphatic rings. The van der Waals surface area contributed by atoms with Crippen molar-refractivity contribution in [1.29, 1.82) is 0 Å². The second kappa shape index (κ2) is 6.81. The van der Waals surface area contributed by atoms with Crippen LogP contribution in [-0.4, -0.2) is 11.1 Å². The Kier molecular flexibility index (Phi) is 5.69. The summed E-state index contributed by atoms with van der Waals surface area (Å²) in [4.78, 5) is 0.270. The summed E-state index contributed by atoms with van der Waals surface area (Å²) < 4.78 is 19.2. The summed E-state index contributed by atoms with van der Waals surface area (Å²) in [5.41, 5.74) is 6.69. The van der Waals surface area contributed by atoms with Crippen LogP contribution in [0.5, 0.6) is 0 Å². The van der Waals surface area contributed by atoms with Crippen LogP contribution in [-0.2, 0) is 11.3 Å². The Hall–Kier alpha value is -1.00. The molecule has 0 fully saturated rings. The van der Waals surface area contributed by atoms with Crippen LogP contribution in [0, 0.1) is 11.7 Å². The minimum absolute atomic E-state index is 0.109. The van der Waals surface area contributed by atoms with E-state index in [1.165, 1.54) is 6.07 Å². The Morgan fingerprint density at radius 1 is 1.39 bits per heavy atom. The van der Waals surface area contributed by atoms with Gasteiger partial charge in [0.05, 0.1) is 12.7 Å². The first kappa shape index (κ1) is 15.1. The van der Waals surface area contributed by atoms with Gasteiger partial charge < -0.3 is 10.5 Å². The monoisotopic (exact) mass is 269 g/mol. The number of hydrogen-bond acceptors (Lipinski definition) is 2. The zero-order valence-electron chi connectivity index (χ0n) is 11.1. The standard InChI is InChI=1S/C14H20FNOS/c1-9(2)6-10(3)17-8-12-7-11(14(16)18)4-5-13(12)15/h4-5,7,9-10H,6,8H2,1-3H3,(H2,16,18). The zero-order valence-corrected chi connectivity index (χ0v) is 11.9. The van der Waals surface area contributed by atoms with Crippen LogP contribution < -0.4 is 5.73 Å². The summed E-state index contributed by atoms with van der Waals surface area (Å²) in [6.07, 6.45) is 1.06. The fourth-order valence-corrected chi connectivity index (χ4v) is 1.93. The lowest BCUT2D eigenvalue weighted by molar-refractivity contribution is 0.0382. The zero-order chi connectivity index (χ0) is 13.7. The van der Waals surface area contributed by atoms with Crippen LogP contribution in [0.2, 0.25) is 0 Å². The van der Waals surface area contributed by atoms with Gasteiger partial charge in [0.15, 0.2) is 0 Å². The first-order chi connectivity index (χ1) is 8.40. The van der Waals surface area contributed by atoms with E-state index in [0.717, 1.165) is 6.42 Å². The largest absolute Gasteiger partial charge is 0.389 e. The summed E-state index contributed by atoms with van der Waals surface area (Å²) >= 11 is 4.87. The normalized spacial score (nSPS) is 12.7. The molecule has 18 heavy (non-hydrogen) atoms. The lowest BCUT2D eigenvalue weighted by Gasteiger charge is -2.15. The Morgan fingerprint density at radius 3 is 2.61 bits per heavy atom. The van der Waals surface area contributed by atoms with Crippen molar-refractivity contribution in [2.75, 3.05) is 0 Å². The molecular formula is C14H20FNOS. The van der Waals surface area contributed by atoms with Gasteiger partial charge in [-0.3, -0.25) is 0 Å². The fourth-order valence-electron chi connectivity index (χ4n) is 1.80. The van der Waals surface area contributed by atoms with E-state index in [1.807, 2.05) is 6.92 Å². The van der Waals surface area contributed by atoms with Crippen molar-refractivity contribution in [2.45, 2.75) is 39.9 Å². The van der Waals surface area contributed by atoms with E-state index in [-0.39, 0.29) is 23.5 Å². The molecule has 0 aliphatic carbocycles. The molecule has 0 aliphatic heterocycles. The van der Waals surface area contributed by atoms with E-state index < -0.39 is 0 Å². The lowest BCUT2D eigenvalue weighted by atomic mass is 10.1. The second-order valence-corrected chi connectivity index (χ2v) is 5.36. The van der Waals surface area contributed by atoms with Crippen molar-refractivity contribution >= 4 is 17.2 Å². The molecule has 0 aromatic heterocycles. The molecule has 100 valence electrons. The van der Waals surface area contributed by atoms with Gasteiger partial charge in [0, 0.05) is 11.1 Å². The van der Waals surface area contributed by atoms with Crippen LogP contribution in [0.1, 0.15) is 38.3 Å². The summed E-state index contributed by atoms with van der Waals surface area (Å²) in [5, 5.41) is 0. The number of benzene rings is 1. The van der Waals surface area contributed by atoms with Gasteiger partial charge in [-0.05, 0) is 37.5 Å². The highest BCUT2D eigenvalue weighted by Gasteiger charge is 2.09. The molecule has 0 amide bonds. The summed E-state index contributed by atoms with van der Waals surface area (Å²) in [5.74, 6) is 0.277. The van der Waals surface area contributed by atoms with E-state index in [4.69, 9.17) is 22.7 Å². The predicted molar refractivity (Wildman–Crippen MR) is 76.0 cm³/mol. The number of halogens is 1. The number of hydrogen-bond donors (Lipinski definition) is 1. The molecule has 1 rings (SSSR count). The average molecular weight is 269 g/mol. The molecule has 0 saturated carbocycles.